The van der Waals surface area contributed by atoms with E-state index < -0.39 is 16.9 Å². The Kier molecular flexibility index (Phi) is 5.34. The van der Waals surface area contributed by atoms with Crippen LogP contribution in [0.25, 0.3) is 0 Å². The number of hydrogen-bond donors (Lipinski definition) is 2. The van der Waals surface area contributed by atoms with Gasteiger partial charge in [0.05, 0.1) is 16.5 Å². The van der Waals surface area contributed by atoms with Gasteiger partial charge in [0.25, 0.3) is 11.6 Å². The number of nitro benzene ring substituents is 1. The number of aryl methyl sites for hydroxylation is 1. The smallest absolute Gasteiger partial charge is 0.288 e. The molecule has 1 atom stereocenters. The second-order valence-electron chi connectivity index (χ2n) is 6.19. The Labute approximate surface area is 170 Å². The summed E-state index contributed by atoms with van der Waals surface area (Å²) < 4.78 is 4.97. The highest BCUT2D eigenvalue weighted by atomic mass is 35.5. The Hall–Kier alpha value is -2.98. The van der Waals surface area contributed by atoms with Crippen LogP contribution in [-0.4, -0.2) is 33.0 Å². The van der Waals surface area contributed by atoms with Crippen molar-refractivity contribution in [3.05, 3.63) is 62.0 Å². The van der Waals surface area contributed by atoms with Gasteiger partial charge in [-0.05, 0) is 37.7 Å². The van der Waals surface area contributed by atoms with Crippen LogP contribution in [0.4, 0.5) is 11.5 Å². The minimum atomic E-state index is -0.701. The summed E-state index contributed by atoms with van der Waals surface area (Å²) in [6, 6.07) is 5.24. The first-order valence-corrected chi connectivity index (χ1v) is 8.91. The molecule has 11 heteroatoms. The van der Waals surface area contributed by atoms with Crippen LogP contribution < -0.4 is 10.6 Å². The number of nitrogens with one attached hydrogen (secondary N) is 2. The van der Waals surface area contributed by atoms with Gasteiger partial charge in [-0.3, -0.25) is 14.9 Å². The summed E-state index contributed by atoms with van der Waals surface area (Å²) in [6.07, 6.45) is 0. The molecule has 0 bridgehead atoms. The lowest BCUT2D eigenvalue weighted by atomic mass is 9.94. The highest BCUT2D eigenvalue weighted by Crippen LogP contribution is 2.34. The van der Waals surface area contributed by atoms with Crippen molar-refractivity contribution in [1.82, 2.24) is 15.4 Å². The van der Waals surface area contributed by atoms with Gasteiger partial charge in [-0.1, -0.05) is 22.8 Å². The van der Waals surface area contributed by atoms with E-state index in [1.807, 2.05) is 0 Å². The summed E-state index contributed by atoms with van der Waals surface area (Å²) in [5, 5.41) is 21.1. The van der Waals surface area contributed by atoms with E-state index in [1.165, 1.54) is 12.1 Å². The Morgan fingerprint density at radius 1 is 1.43 bits per heavy atom. The monoisotopic (exact) mass is 421 g/mol. The van der Waals surface area contributed by atoms with Crippen molar-refractivity contribution >= 4 is 46.3 Å². The summed E-state index contributed by atoms with van der Waals surface area (Å²) in [7, 11) is 1.72. The normalized spacial score (nSPS) is 16.8. The van der Waals surface area contributed by atoms with E-state index in [1.54, 1.807) is 37.9 Å². The van der Waals surface area contributed by atoms with E-state index in [2.05, 4.69) is 15.8 Å². The number of hydrogen-bond acceptors (Lipinski definition) is 6. The Morgan fingerprint density at radius 2 is 2.14 bits per heavy atom. The molecule has 1 aromatic heterocycles. The Morgan fingerprint density at radius 3 is 2.75 bits per heavy atom. The standard InChI is InChI=1S/C17H16ClN5O4S/c1-8-6-13(21-27-8)19-16(24)14-9(2)22(3)17(28)20-15(14)10-4-5-11(18)12(7-10)23(25)26/h4-7,15H,1-3H3,(H,20,28)(H,19,21,24)/t15-/m1/s1. The summed E-state index contributed by atoms with van der Waals surface area (Å²) in [5.41, 5.74) is 1.17. The Balaban J connectivity index is 2.05. The molecule has 1 aromatic carbocycles. The summed E-state index contributed by atoms with van der Waals surface area (Å²) in [6.45, 7) is 3.45. The minimum Gasteiger partial charge on any atom is -0.360 e. The average Bonchev–Trinajstić information content (AvgIpc) is 3.04. The molecule has 146 valence electrons. The van der Waals surface area contributed by atoms with Gasteiger partial charge in [-0.25, -0.2) is 0 Å². The molecule has 0 spiro atoms. The number of nitrogens with zero attached hydrogens (tertiary/aromatic N) is 3. The number of amides is 1. The molecule has 3 rings (SSSR count). The molecule has 1 aliphatic heterocycles. The van der Waals surface area contributed by atoms with Crippen molar-refractivity contribution in [2.75, 3.05) is 12.4 Å². The van der Waals surface area contributed by atoms with Crippen LogP contribution in [0.15, 0.2) is 40.1 Å². The molecule has 28 heavy (non-hydrogen) atoms. The van der Waals surface area contributed by atoms with Crippen LogP contribution in [0.3, 0.4) is 0 Å². The van der Waals surface area contributed by atoms with Gasteiger partial charge in [0.1, 0.15) is 10.8 Å². The lowest BCUT2D eigenvalue weighted by Crippen LogP contribution is -2.46. The van der Waals surface area contributed by atoms with Crippen LogP contribution >= 0.6 is 23.8 Å². The molecule has 2 aromatic rings. The van der Waals surface area contributed by atoms with E-state index in [9.17, 15) is 14.9 Å². The summed E-state index contributed by atoms with van der Waals surface area (Å²) >= 11 is 11.2. The zero-order valence-electron chi connectivity index (χ0n) is 15.1. The topological polar surface area (TPSA) is 114 Å². The minimum absolute atomic E-state index is 0.00836. The maximum Gasteiger partial charge on any atom is 0.288 e. The number of anilines is 1. The lowest BCUT2D eigenvalue weighted by Gasteiger charge is -2.35. The highest BCUT2D eigenvalue weighted by Gasteiger charge is 2.33. The first-order chi connectivity index (χ1) is 13.2. The van der Waals surface area contributed by atoms with Crippen LogP contribution in [0.5, 0.6) is 0 Å². The van der Waals surface area contributed by atoms with Gasteiger partial charge in [0.15, 0.2) is 10.9 Å². The van der Waals surface area contributed by atoms with Crippen molar-refractivity contribution in [1.29, 1.82) is 0 Å². The number of thiocarbonyl (C=S) groups is 1. The van der Waals surface area contributed by atoms with Crippen molar-refractivity contribution in [3.8, 4) is 0 Å². The molecule has 0 unspecified atom stereocenters. The van der Waals surface area contributed by atoms with Crippen molar-refractivity contribution in [2.24, 2.45) is 0 Å². The predicted molar refractivity (Wildman–Crippen MR) is 107 cm³/mol. The van der Waals surface area contributed by atoms with Gasteiger partial charge in [-0.2, -0.15) is 0 Å². The van der Waals surface area contributed by atoms with Gasteiger partial charge in [0.2, 0.25) is 0 Å². The third kappa shape index (κ3) is 3.69. The predicted octanol–water partition coefficient (Wildman–Crippen LogP) is 3.32. The van der Waals surface area contributed by atoms with Gasteiger partial charge >= 0.3 is 0 Å². The molecule has 1 amide bonds. The van der Waals surface area contributed by atoms with E-state index in [0.29, 0.717) is 27.7 Å². The Bertz CT molecular complexity index is 1020. The van der Waals surface area contributed by atoms with E-state index in [4.69, 9.17) is 28.3 Å². The SMILES string of the molecule is CC1=C(C(=O)Nc2cc(C)on2)[C@@H](c2ccc(Cl)c([N+](=O)[O-])c2)NC(=S)N1C. The van der Waals surface area contributed by atoms with E-state index >= 15 is 0 Å². The van der Waals surface area contributed by atoms with Crippen molar-refractivity contribution in [3.63, 3.8) is 0 Å². The number of benzene rings is 1. The number of allylic oxidation sites excluding steroid dienone is 1. The van der Waals surface area contributed by atoms with Crippen molar-refractivity contribution < 1.29 is 14.2 Å². The average molecular weight is 422 g/mol. The van der Waals surface area contributed by atoms with Gasteiger partial charge in [0, 0.05) is 24.9 Å². The van der Waals surface area contributed by atoms with Crippen LogP contribution in [0, 0.1) is 17.0 Å². The van der Waals surface area contributed by atoms with Crippen LogP contribution in [0.2, 0.25) is 5.02 Å². The number of halogens is 1. The second kappa shape index (κ2) is 7.56. The maximum absolute atomic E-state index is 13.0. The zero-order valence-corrected chi connectivity index (χ0v) is 16.7. The highest BCUT2D eigenvalue weighted by molar-refractivity contribution is 7.80. The van der Waals surface area contributed by atoms with Crippen LogP contribution in [0.1, 0.15) is 24.3 Å². The fraction of sp³-hybridized carbons (Fsp3) is 0.235. The molecule has 0 fully saturated rings. The molecule has 1 aliphatic rings. The molecule has 0 radical (unpaired) electrons. The molecular formula is C17H16ClN5O4S. The number of nitro groups is 1. The number of carbonyl (C=O) groups excluding carboxylic acids is 1. The van der Waals surface area contributed by atoms with Gasteiger partial charge in [-0.15, -0.1) is 0 Å². The third-order valence-corrected chi connectivity index (χ3v) is 5.08. The van der Waals surface area contributed by atoms with E-state index in [0.717, 1.165) is 0 Å². The second-order valence-corrected chi connectivity index (χ2v) is 6.98. The number of carbonyl (C=O) groups is 1. The molecular weight excluding hydrogens is 406 g/mol. The fourth-order valence-electron chi connectivity index (χ4n) is 2.84. The van der Waals surface area contributed by atoms with Crippen LogP contribution in [-0.2, 0) is 4.79 Å². The first-order valence-electron chi connectivity index (χ1n) is 8.12. The largest absolute Gasteiger partial charge is 0.360 e. The molecule has 2 N–H and O–H groups in total. The molecule has 0 aliphatic carbocycles. The quantitative estimate of drug-likeness (QED) is 0.439. The van der Waals surface area contributed by atoms with E-state index in [-0.39, 0.29) is 16.5 Å². The number of aromatic nitrogens is 1. The lowest BCUT2D eigenvalue weighted by molar-refractivity contribution is -0.384. The van der Waals surface area contributed by atoms with Gasteiger partial charge < -0.3 is 20.1 Å². The molecule has 2 heterocycles. The number of rotatable bonds is 4. The third-order valence-electron chi connectivity index (χ3n) is 4.37. The summed E-state index contributed by atoms with van der Waals surface area (Å²) in [5.74, 6) is 0.376. The zero-order chi connectivity index (χ0) is 20.6. The fourth-order valence-corrected chi connectivity index (χ4v) is 3.28. The molecule has 0 saturated heterocycles. The summed E-state index contributed by atoms with van der Waals surface area (Å²) in [4.78, 5) is 25.3. The molecule has 0 saturated carbocycles. The molecule has 9 nitrogen and oxygen atoms in total. The maximum atomic E-state index is 13.0. The first kappa shape index (κ1) is 19.8. The van der Waals surface area contributed by atoms with Crippen molar-refractivity contribution in [2.45, 2.75) is 19.9 Å².